The number of ketones is 1. The summed E-state index contributed by atoms with van der Waals surface area (Å²) in [5.41, 5.74) is 2.36. The van der Waals surface area contributed by atoms with Gasteiger partial charge in [0.1, 0.15) is 11.5 Å². The molecular formula is C17H24O2. The van der Waals surface area contributed by atoms with E-state index in [9.17, 15) is 4.79 Å². The van der Waals surface area contributed by atoms with E-state index in [1.165, 1.54) is 12.0 Å². The minimum Gasteiger partial charge on any atom is -0.496 e. The third kappa shape index (κ3) is 2.99. The topological polar surface area (TPSA) is 26.3 Å². The monoisotopic (exact) mass is 260 g/mol. The Kier molecular flexibility index (Phi) is 3.98. The summed E-state index contributed by atoms with van der Waals surface area (Å²) in [5.74, 6) is 1.40. The fraction of sp³-hybridized carbons (Fsp3) is 0.588. The van der Waals surface area contributed by atoms with E-state index in [0.29, 0.717) is 12.2 Å². The van der Waals surface area contributed by atoms with Crippen molar-refractivity contribution in [3.8, 4) is 5.75 Å². The fourth-order valence-electron chi connectivity index (χ4n) is 3.28. The molecule has 19 heavy (non-hydrogen) atoms. The zero-order chi connectivity index (χ0) is 14.0. The first kappa shape index (κ1) is 14.1. The van der Waals surface area contributed by atoms with Crippen molar-refractivity contribution in [3.05, 3.63) is 29.3 Å². The van der Waals surface area contributed by atoms with Crippen LogP contribution in [0.4, 0.5) is 0 Å². The average molecular weight is 260 g/mol. The number of carbonyl (C=O) groups is 1. The highest BCUT2D eigenvalue weighted by Gasteiger charge is 2.38. The normalized spacial score (nSPS) is 21.4. The molecular weight excluding hydrogens is 236 g/mol. The second kappa shape index (κ2) is 5.36. The molecule has 1 aromatic rings. The number of Topliss-reactive ketones (excluding diaryl/α,β-unsaturated/α-hetero) is 1. The summed E-state index contributed by atoms with van der Waals surface area (Å²) < 4.78 is 5.36. The number of methoxy groups -OCH3 is 1. The molecule has 2 heteroatoms. The van der Waals surface area contributed by atoms with Crippen LogP contribution < -0.4 is 4.74 Å². The highest BCUT2D eigenvalue weighted by molar-refractivity contribution is 5.84. The first-order chi connectivity index (χ1) is 8.94. The molecule has 1 fully saturated rings. The van der Waals surface area contributed by atoms with Gasteiger partial charge in [-0.1, -0.05) is 38.0 Å². The van der Waals surface area contributed by atoms with E-state index >= 15 is 0 Å². The lowest BCUT2D eigenvalue weighted by Gasteiger charge is -2.26. The van der Waals surface area contributed by atoms with Crippen LogP contribution in [0.15, 0.2) is 18.2 Å². The van der Waals surface area contributed by atoms with Crippen LogP contribution in [0.2, 0.25) is 0 Å². The van der Waals surface area contributed by atoms with Crippen LogP contribution in [0.5, 0.6) is 5.75 Å². The van der Waals surface area contributed by atoms with E-state index in [1.54, 1.807) is 7.11 Å². The number of benzene rings is 1. The number of hydrogen-bond acceptors (Lipinski definition) is 2. The molecule has 2 nitrogen and oxygen atoms in total. The van der Waals surface area contributed by atoms with Gasteiger partial charge in [-0.3, -0.25) is 4.79 Å². The van der Waals surface area contributed by atoms with Gasteiger partial charge in [0.05, 0.1) is 7.11 Å². The molecule has 1 saturated carbocycles. The summed E-state index contributed by atoms with van der Waals surface area (Å²) in [5, 5.41) is 0. The zero-order valence-electron chi connectivity index (χ0n) is 12.5. The molecule has 1 atom stereocenters. The average Bonchev–Trinajstić information content (AvgIpc) is 2.69. The summed E-state index contributed by atoms with van der Waals surface area (Å²) in [4.78, 5) is 12.6. The molecule has 1 unspecified atom stereocenters. The summed E-state index contributed by atoms with van der Waals surface area (Å²) in [7, 11) is 1.66. The molecule has 0 spiro atoms. The van der Waals surface area contributed by atoms with Gasteiger partial charge in [-0.15, -0.1) is 0 Å². The molecule has 0 radical (unpaired) electrons. The Bertz CT molecular complexity index is 474. The lowest BCUT2D eigenvalue weighted by atomic mass is 9.78. The van der Waals surface area contributed by atoms with Crippen molar-refractivity contribution in [2.45, 2.75) is 46.5 Å². The van der Waals surface area contributed by atoms with Crippen molar-refractivity contribution in [3.63, 3.8) is 0 Å². The van der Waals surface area contributed by atoms with Gasteiger partial charge in [0.2, 0.25) is 0 Å². The molecule has 0 saturated heterocycles. The van der Waals surface area contributed by atoms with E-state index in [0.717, 1.165) is 24.2 Å². The Labute approximate surface area is 116 Å². The zero-order valence-corrected chi connectivity index (χ0v) is 12.5. The molecule has 1 aliphatic carbocycles. The predicted molar refractivity (Wildman–Crippen MR) is 77.6 cm³/mol. The van der Waals surface area contributed by atoms with Crippen molar-refractivity contribution in [2.75, 3.05) is 7.11 Å². The van der Waals surface area contributed by atoms with E-state index in [1.807, 2.05) is 19.1 Å². The number of ether oxygens (including phenoxy) is 1. The van der Waals surface area contributed by atoms with Gasteiger partial charge < -0.3 is 4.74 Å². The number of hydrogen-bond donors (Lipinski definition) is 0. The van der Waals surface area contributed by atoms with Crippen LogP contribution in [0.1, 0.15) is 44.2 Å². The summed E-state index contributed by atoms with van der Waals surface area (Å²) in [6.07, 6.45) is 3.88. The molecule has 0 heterocycles. The van der Waals surface area contributed by atoms with Gasteiger partial charge in [0, 0.05) is 17.9 Å². The van der Waals surface area contributed by atoms with Gasteiger partial charge in [0.25, 0.3) is 0 Å². The maximum Gasteiger partial charge on any atom is 0.141 e. The fourth-order valence-corrected chi connectivity index (χ4v) is 3.28. The van der Waals surface area contributed by atoms with Crippen molar-refractivity contribution in [1.29, 1.82) is 0 Å². The minimum atomic E-state index is 0.161. The van der Waals surface area contributed by atoms with E-state index < -0.39 is 0 Å². The summed E-state index contributed by atoms with van der Waals surface area (Å²) in [6.45, 7) is 6.49. The number of aryl methyl sites for hydroxylation is 1. The van der Waals surface area contributed by atoms with Gasteiger partial charge in [-0.05, 0) is 31.2 Å². The van der Waals surface area contributed by atoms with E-state index in [2.05, 4.69) is 19.9 Å². The Morgan fingerprint density at radius 3 is 2.74 bits per heavy atom. The van der Waals surface area contributed by atoms with Crippen LogP contribution >= 0.6 is 0 Å². The first-order valence-corrected chi connectivity index (χ1v) is 7.10. The Morgan fingerprint density at radius 1 is 1.42 bits per heavy atom. The van der Waals surface area contributed by atoms with Crippen LogP contribution in [-0.2, 0) is 11.2 Å². The molecule has 0 bridgehead atoms. The van der Waals surface area contributed by atoms with E-state index in [4.69, 9.17) is 4.74 Å². The van der Waals surface area contributed by atoms with E-state index in [-0.39, 0.29) is 11.3 Å². The maximum atomic E-state index is 12.6. The smallest absolute Gasteiger partial charge is 0.141 e. The molecule has 1 aliphatic rings. The Hall–Kier alpha value is -1.31. The third-order valence-electron chi connectivity index (χ3n) is 4.45. The van der Waals surface area contributed by atoms with Gasteiger partial charge in [0.15, 0.2) is 0 Å². The summed E-state index contributed by atoms with van der Waals surface area (Å²) >= 11 is 0. The molecule has 0 N–H and O–H groups in total. The quantitative estimate of drug-likeness (QED) is 0.819. The van der Waals surface area contributed by atoms with Crippen LogP contribution in [0, 0.1) is 18.3 Å². The second-order valence-corrected chi connectivity index (χ2v) is 6.39. The minimum absolute atomic E-state index is 0.161. The Morgan fingerprint density at radius 2 is 2.16 bits per heavy atom. The van der Waals surface area contributed by atoms with Crippen molar-refractivity contribution < 1.29 is 9.53 Å². The van der Waals surface area contributed by atoms with Crippen molar-refractivity contribution >= 4 is 5.78 Å². The second-order valence-electron chi connectivity index (χ2n) is 6.39. The lowest BCUT2D eigenvalue weighted by Crippen LogP contribution is -2.27. The highest BCUT2D eigenvalue weighted by atomic mass is 16.5. The maximum absolute atomic E-state index is 12.6. The van der Waals surface area contributed by atoms with Crippen LogP contribution in [0.25, 0.3) is 0 Å². The number of rotatable bonds is 4. The van der Waals surface area contributed by atoms with Gasteiger partial charge in [-0.2, -0.15) is 0 Å². The first-order valence-electron chi connectivity index (χ1n) is 7.10. The predicted octanol–water partition coefficient (Wildman–Crippen LogP) is 3.94. The highest BCUT2D eigenvalue weighted by Crippen LogP contribution is 2.43. The number of carbonyl (C=O) groups excluding carboxylic acids is 1. The van der Waals surface area contributed by atoms with Gasteiger partial charge >= 0.3 is 0 Å². The third-order valence-corrected chi connectivity index (χ3v) is 4.45. The van der Waals surface area contributed by atoms with Gasteiger partial charge in [-0.25, -0.2) is 0 Å². The SMILES string of the molecule is COc1ccc(C)cc1CC(=O)C1CCCC1(C)C. The van der Waals surface area contributed by atoms with Crippen molar-refractivity contribution in [1.82, 2.24) is 0 Å². The lowest BCUT2D eigenvalue weighted by molar-refractivity contribution is -0.124. The Balaban J connectivity index is 2.17. The molecule has 0 aliphatic heterocycles. The summed E-state index contributed by atoms with van der Waals surface area (Å²) in [6, 6.07) is 6.04. The van der Waals surface area contributed by atoms with Crippen molar-refractivity contribution in [2.24, 2.45) is 11.3 Å². The molecule has 1 aromatic carbocycles. The molecule has 0 aromatic heterocycles. The van der Waals surface area contributed by atoms with Crippen LogP contribution in [0.3, 0.4) is 0 Å². The standard InChI is InChI=1S/C17H24O2/c1-12-7-8-16(19-4)13(10-12)11-15(18)14-6-5-9-17(14,2)3/h7-8,10,14H,5-6,9,11H2,1-4H3. The molecule has 2 rings (SSSR count). The largest absolute Gasteiger partial charge is 0.496 e. The molecule has 104 valence electrons. The van der Waals surface area contributed by atoms with Crippen LogP contribution in [-0.4, -0.2) is 12.9 Å². The molecule has 0 amide bonds.